The number of thiophene rings is 1. The number of benzene rings is 2. The molecule has 0 saturated carbocycles. The first-order valence-corrected chi connectivity index (χ1v) is 14.4. The molecule has 4 aromatic rings. The van der Waals surface area contributed by atoms with Gasteiger partial charge in [-0.05, 0) is 42.5 Å². The summed E-state index contributed by atoms with van der Waals surface area (Å²) in [5.41, 5.74) is 1.32. The number of rotatable bonds is 9. The Morgan fingerprint density at radius 2 is 1.81 bits per heavy atom. The lowest BCUT2D eigenvalue weighted by Gasteiger charge is -2.24. The van der Waals surface area contributed by atoms with Crippen molar-refractivity contribution in [3.63, 3.8) is 0 Å². The topological polar surface area (TPSA) is 135 Å². The number of para-hydroxylation sites is 1. The number of H-pyrrole nitrogens is 1. The minimum Gasteiger partial charge on any atom is -0.457 e. The van der Waals surface area contributed by atoms with Gasteiger partial charge in [-0.25, -0.2) is 4.98 Å². The number of nitrogens with zero attached hydrogens (tertiary/aromatic N) is 2. The predicted octanol–water partition coefficient (Wildman–Crippen LogP) is 3.32. The first kappa shape index (κ1) is 27.6. The van der Waals surface area contributed by atoms with E-state index in [0.29, 0.717) is 36.8 Å². The number of likely N-dealkylation sites (tertiary alicyclic amines) is 1. The van der Waals surface area contributed by atoms with Crippen molar-refractivity contribution in [3.05, 3.63) is 88.9 Å². The van der Waals surface area contributed by atoms with E-state index in [4.69, 9.17) is 14.2 Å². The Kier molecular flexibility index (Phi) is 8.00. The molecule has 2 saturated heterocycles. The zero-order chi connectivity index (χ0) is 28.9. The summed E-state index contributed by atoms with van der Waals surface area (Å²) in [5, 5.41) is 7.57. The molecule has 0 aliphatic carbocycles. The summed E-state index contributed by atoms with van der Waals surface area (Å²) < 4.78 is 17.4. The number of aromatic nitrogens is 2. The van der Waals surface area contributed by atoms with Crippen LogP contribution in [0.4, 0.5) is 0 Å². The SMILES string of the molecule is O=C(NCC(=O)N1CC2(C[C@H]1C(=O)NCc1cc(-c3ncc[nH]3)cs1)OCCO2)c1ccc(Oc2ccccc2)cc1. The molecule has 12 heteroatoms. The van der Waals surface area contributed by atoms with E-state index in [0.717, 1.165) is 16.3 Å². The number of carbonyl (C=O) groups excluding carboxylic acids is 3. The Bertz CT molecular complexity index is 1530. The van der Waals surface area contributed by atoms with Gasteiger partial charge in [-0.2, -0.15) is 0 Å². The fourth-order valence-corrected chi connectivity index (χ4v) is 5.82. The highest BCUT2D eigenvalue weighted by atomic mass is 32.1. The number of carbonyl (C=O) groups is 3. The van der Waals surface area contributed by atoms with Crippen LogP contribution in [0.3, 0.4) is 0 Å². The number of hydrogen-bond donors (Lipinski definition) is 3. The van der Waals surface area contributed by atoms with Gasteiger partial charge in [0.25, 0.3) is 5.91 Å². The molecule has 1 atom stereocenters. The summed E-state index contributed by atoms with van der Waals surface area (Å²) in [7, 11) is 0. The third-order valence-electron chi connectivity index (χ3n) is 7.09. The second-order valence-electron chi connectivity index (χ2n) is 9.93. The van der Waals surface area contributed by atoms with Crippen LogP contribution in [0.5, 0.6) is 11.5 Å². The first-order valence-electron chi connectivity index (χ1n) is 13.5. The quantitative estimate of drug-likeness (QED) is 0.274. The zero-order valence-corrected chi connectivity index (χ0v) is 23.4. The van der Waals surface area contributed by atoms with Crippen molar-refractivity contribution in [2.24, 2.45) is 0 Å². The molecule has 3 N–H and O–H groups in total. The van der Waals surface area contributed by atoms with Crippen LogP contribution in [0.2, 0.25) is 0 Å². The molecule has 42 heavy (non-hydrogen) atoms. The second kappa shape index (κ2) is 12.1. The van der Waals surface area contributed by atoms with Crippen LogP contribution >= 0.6 is 11.3 Å². The highest BCUT2D eigenvalue weighted by Crippen LogP contribution is 2.35. The maximum Gasteiger partial charge on any atom is 0.251 e. The Hall–Kier alpha value is -4.52. The predicted molar refractivity (Wildman–Crippen MR) is 154 cm³/mol. The van der Waals surface area contributed by atoms with E-state index in [9.17, 15) is 14.4 Å². The Morgan fingerprint density at radius 3 is 2.55 bits per heavy atom. The largest absolute Gasteiger partial charge is 0.457 e. The van der Waals surface area contributed by atoms with Crippen molar-refractivity contribution < 1.29 is 28.6 Å². The smallest absolute Gasteiger partial charge is 0.251 e. The molecule has 2 aliphatic heterocycles. The number of ether oxygens (including phenoxy) is 3. The lowest BCUT2D eigenvalue weighted by atomic mass is 10.1. The standard InChI is InChI=1S/C30H29N5O6S/c36-26(17-34-28(37)20-6-8-23(9-7-20)41-22-4-2-1-3-5-22)35-19-30(39-12-13-40-30)15-25(35)29(38)33-16-24-14-21(18-42-24)27-31-10-11-32-27/h1-11,14,18,25H,12-13,15-17,19H2,(H,31,32)(H,33,38)(H,34,37)/t25-/m0/s1. The number of aromatic amines is 1. The van der Waals surface area contributed by atoms with E-state index in [1.807, 2.05) is 41.8 Å². The van der Waals surface area contributed by atoms with Crippen molar-refractivity contribution in [1.29, 1.82) is 0 Å². The Morgan fingerprint density at radius 1 is 1.05 bits per heavy atom. The van der Waals surface area contributed by atoms with E-state index in [2.05, 4.69) is 20.6 Å². The zero-order valence-electron chi connectivity index (χ0n) is 22.6. The van der Waals surface area contributed by atoms with E-state index < -0.39 is 23.6 Å². The van der Waals surface area contributed by atoms with E-state index in [-0.39, 0.29) is 25.4 Å². The highest BCUT2D eigenvalue weighted by molar-refractivity contribution is 7.10. The Labute approximate surface area is 245 Å². The van der Waals surface area contributed by atoms with Crippen LogP contribution in [0, 0.1) is 0 Å². The third kappa shape index (κ3) is 6.20. The van der Waals surface area contributed by atoms with Gasteiger partial charge in [0, 0.05) is 40.2 Å². The lowest BCUT2D eigenvalue weighted by Crippen LogP contribution is -2.49. The summed E-state index contributed by atoms with van der Waals surface area (Å²) in [6.45, 7) is 0.910. The van der Waals surface area contributed by atoms with Crippen molar-refractivity contribution in [2.45, 2.75) is 24.8 Å². The molecular weight excluding hydrogens is 558 g/mol. The van der Waals surface area contributed by atoms with E-state index >= 15 is 0 Å². The number of imidazole rings is 1. The van der Waals surface area contributed by atoms with Crippen LogP contribution in [-0.4, -0.2) is 70.7 Å². The summed E-state index contributed by atoms with van der Waals surface area (Å²) in [6.07, 6.45) is 3.65. The molecular formula is C30H29N5O6S. The van der Waals surface area contributed by atoms with Gasteiger partial charge in [-0.15, -0.1) is 11.3 Å². The van der Waals surface area contributed by atoms with Crippen molar-refractivity contribution >= 4 is 29.1 Å². The molecule has 1 spiro atoms. The maximum absolute atomic E-state index is 13.3. The van der Waals surface area contributed by atoms with Crippen molar-refractivity contribution in [3.8, 4) is 22.9 Å². The molecule has 2 aliphatic rings. The maximum atomic E-state index is 13.3. The van der Waals surface area contributed by atoms with Gasteiger partial charge < -0.3 is 34.7 Å². The van der Waals surface area contributed by atoms with Gasteiger partial charge >= 0.3 is 0 Å². The highest BCUT2D eigenvalue weighted by Gasteiger charge is 2.52. The lowest BCUT2D eigenvalue weighted by molar-refractivity contribution is -0.152. The summed E-state index contributed by atoms with van der Waals surface area (Å²) in [4.78, 5) is 49.1. The number of hydrogen-bond acceptors (Lipinski definition) is 8. The summed E-state index contributed by atoms with van der Waals surface area (Å²) in [6, 6.07) is 17.1. The number of nitrogens with one attached hydrogen (secondary N) is 3. The minimum absolute atomic E-state index is 0.104. The molecule has 0 unspecified atom stereocenters. The monoisotopic (exact) mass is 587 g/mol. The third-order valence-corrected chi connectivity index (χ3v) is 8.02. The van der Waals surface area contributed by atoms with Crippen LogP contribution < -0.4 is 15.4 Å². The first-order chi connectivity index (χ1) is 20.5. The van der Waals surface area contributed by atoms with Crippen molar-refractivity contribution in [2.75, 3.05) is 26.3 Å². The van der Waals surface area contributed by atoms with Crippen LogP contribution in [-0.2, 0) is 25.6 Å². The Balaban J connectivity index is 1.06. The van der Waals surface area contributed by atoms with Crippen LogP contribution in [0.15, 0.2) is 78.4 Å². The molecule has 216 valence electrons. The number of amides is 3. The summed E-state index contributed by atoms with van der Waals surface area (Å²) >= 11 is 1.51. The van der Waals surface area contributed by atoms with Gasteiger partial charge in [-0.1, -0.05) is 18.2 Å². The molecule has 4 heterocycles. The van der Waals surface area contributed by atoms with Gasteiger partial charge in [0.2, 0.25) is 11.8 Å². The molecule has 2 aromatic heterocycles. The van der Waals surface area contributed by atoms with E-state index in [1.54, 1.807) is 36.7 Å². The average Bonchev–Trinajstić information content (AvgIpc) is 3.84. The fourth-order valence-electron chi connectivity index (χ4n) is 5.01. The van der Waals surface area contributed by atoms with Crippen LogP contribution in [0.25, 0.3) is 11.4 Å². The molecule has 2 aromatic carbocycles. The molecule has 0 radical (unpaired) electrons. The molecule has 11 nitrogen and oxygen atoms in total. The molecule has 3 amide bonds. The van der Waals surface area contributed by atoms with Gasteiger partial charge in [0.1, 0.15) is 23.4 Å². The molecule has 0 bridgehead atoms. The van der Waals surface area contributed by atoms with E-state index in [1.165, 1.54) is 16.2 Å². The summed E-state index contributed by atoms with van der Waals surface area (Å²) in [5.74, 6) is -0.124. The minimum atomic E-state index is -1.02. The molecule has 6 rings (SSSR count). The van der Waals surface area contributed by atoms with Crippen LogP contribution in [0.1, 0.15) is 21.7 Å². The second-order valence-corrected chi connectivity index (χ2v) is 10.9. The van der Waals surface area contributed by atoms with Gasteiger partial charge in [0.15, 0.2) is 5.79 Å². The van der Waals surface area contributed by atoms with Gasteiger partial charge in [0.05, 0.1) is 32.8 Å². The molecule has 2 fully saturated rings. The van der Waals surface area contributed by atoms with Crippen molar-refractivity contribution in [1.82, 2.24) is 25.5 Å². The normalized spacial score (nSPS) is 17.3. The fraction of sp³-hybridized carbons (Fsp3) is 0.267. The average molecular weight is 588 g/mol. The van der Waals surface area contributed by atoms with Gasteiger partial charge in [-0.3, -0.25) is 14.4 Å².